The van der Waals surface area contributed by atoms with Crippen LogP contribution in [0.4, 0.5) is 11.4 Å². The van der Waals surface area contributed by atoms with Gasteiger partial charge < -0.3 is 24.8 Å². The molecule has 29 heavy (non-hydrogen) atoms. The summed E-state index contributed by atoms with van der Waals surface area (Å²) in [4.78, 5) is 30.6. The van der Waals surface area contributed by atoms with Gasteiger partial charge in [0.05, 0.1) is 18.8 Å². The Morgan fingerprint density at radius 3 is 2.45 bits per heavy atom. The molecule has 7 heteroatoms. The zero-order valence-electron chi connectivity index (χ0n) is 17.4. The van der Waals surface area contributed by atoms with Crippen LogP contribution in [0, 0.1) is 0 Å². The van der Waals surface area contributed by atoms with Crippen molar-refractivity contribution < 1.29 is 14.3 Å². The zero-order chi connectivity index (χ0) is 21.0. The first-order valence-corrected chi connectivity index (χ1v) is 9.61. The van der Waals surface area contributed by atoms with E-state index in [1.165, 1.54) is 0 Å². The van der Waals surface area contributed by atoms with Gasteiger partial charge in [0.25, 0.3) is 5.91 Å². The van der Waals surface area contributed by atoms with E-state index >= 15 is 0 Å². The normalized spacial score (nSPS) is 15.2. The maximum atomic E-state index is 12.9. The van der Waals surface area contributed by atoms with E-state index in [1.54, 1.807) is 19.0 Å². The van der Waals surface area contributed by atoms with Crippen LogP contribution in [-0.2, 0) is 16.1 Å². The number of carbonyl (C=O) groups is 2. The number of amides is 2. The molecule has 0 bridgehead atoms. The van der Waals surface area contributed by atoms with E-state index in [4.69, 9.17) is 4.74 Å². The Morgan fingerprint density at radius 2 is 1.79 bits per heavy atom. The summed E-state index contributed by atoms with van der Waals surface area (Å²) in [6, 6.07) is 15.6. The predicted octanol–water partition coefficient (Wildman–Crippen LogP) is 1.72. The van der Waals surface area contributed by atoms with E-state index in [0.29, 0.717) is 18.8 Å². The van der Waals surface area contributed by atoms with Crippen molar-refractivity contribution in [1.82, 2.24) is 10.2 Å². The molecule has 3 rings (SSSR count). The molecular formula is C22H28N4O3. The Hall–Kier alpha value is -3.22. The van der Waals surface area contributed by atoms with Gasteiger partial charge in [-0.1, -0.05) is 24.3 Å². The Morgan fingerprint density at radius 1 is 1.10 bits per heavy atom. The van der Waals surface area contributed by atoms with Crippen molar-refractivity contribution in [2.45, 2.75) is 12.6 Å². The first kappa shape index (κ1) is 20.5. The molecule has 1 aliphatic heterocycles. The monoisotopic (exact) mass is 396 g/mol. The molecule has 1 N–H and O–H groups in total. The number of likely N-dealkylation sites (N-methyl/N-ethyl adjacent to an activating group) is 2. The lowest BCUT2D eigenvalue weighted by atomic mass is 10.1. The topological polar surface area (TPSA) is 65.1 Å². The van der Waals surface area contributed by atoms with Crippen LogP contribution in [0.5, 0.6) is 5.75 Å². The second-order valence-corrected chi connectivity index (χ2v) is 7.38. The second kappa shape index (κ2) is 8.86. The van der Waals surface area contributed by atoms with Crippen molar-refractivity contribution in [2.24, 2.45) is 0 Å². The molecule has 0 saturated heterocycles. The SMILES string of the molecule is CNC(=O)[C@H]1CN(CC(=O)N(C)Cc2ccc(N(C)C)cc2)c2ccccc2O1. The molecule has 1 atom stereocenters. The lowest BCUT2D eigenvalue weighted by molar-refractivity contribution is -0.130. The summed E-state index contributed by atoms with van der Waals surface area (Å²) in [7, 11) is 7.37. The van der Waals surface area contributed by atoms with Crippen molar-refractivity contribution in [3.05, 3.63) is 54.1 Å². The van der Waals surface area contributed by atoms with E-state index in [9.17, 15) is 9.59 Å². The average molecular weight is 396 g/mol. The fourth-order valence-electron chi connectivity index (χ4n) is 3.30. The van der Waals surface area contributed by atoms with Crippen molar-refractivity contribution >= 4 is 23.2 Å². The van der Waals surface area contributed by atoms with E-state index < -0.39 is 6.10 Å². The molecule has 0 aliphatic carbocycles. The third kappa shape index (κ3) is 4.80. The number of carbonyl (C=O) groups excluding carboxylic acids is 2. The molecule has 2 amide bonds. The van der Waals surface area contributed by atoms with E-state index in [0.717, 1.165) is 16.9 Å². The first-order valence-electron chi connectivity index (χ1n) is 9.61. The molecule has 2 aromatic carbocycles. The number of benzene rings is 2. The second-order valence-electron chi connectivity index (χ2n) is 7.38. The van der Waals surface area contributed by atoms with Gasteiger partial charge in [-0.15, -0.1) is 0 Å². The molecule has 2 aromatic rings. The van der Waals surface area contributed by atoms with Crippen molar-refractivity contribution in [1.29, 1.82) is 0 Å². The zero-order valence-corrected chi connectivity index (χ0v) is 17.4. The van der Waals surface area contributed by atoms with Gasteiger partial charge >= 0.3 is 0 Å². The summed E-state index contributed by atoms with van der Waals surface area (Å²) in [5.74, 6) is 0.391. The smallest absolute Gasteiger partial charge is 0.262 e. The van der Waals surface area contributed by atoms with Gasteiger partial charge in [0.1, 0.15) is 5.75 Å². The molecule has 0 radical (unpaired) electrons. The minimum Gasteiger partial charge on any atom is -0.477 e. The van der Waals surface area contributed by atoms with Crippen molar-refractivity contribution in [3.63, 3.8) is 0 Å². The summed E-state index contributed by atoms with van der Waals surface area (Å²) in [5, 5.41) is 2.62. The van der Waals surface area contributed by atoms with Gasteiger partial charge in [-0.05, 0) is 29.8 Å². The van der Waals surface area contributed by atoms with Crippen LogP contribution >= 0.6 is 0 Å². The number of para-hydroxylation sites is 2. The van der Waals surface area contributed by atoms with Gasteiger partial charge in [-0.25, -0.2) is 0 Å². The molecule has 0 aromatic heterocycles. The number of rotatable bonds is 6. The maximum absolute atomic E-state index is 12.9. The highest BCUT2D eigenvalue weighted by Crippen LogP contribution is 2.33. The summed E-state index contributed by atoms with van der Waals surface area (Å²) in [6.07, 6.45) is -0.647. The van der Waals surface area contributed by atoms with E-state index in [2.05, 4.69) is 5.32 Å². The van der Waals surface area contributed by atoms with E-state index in [1.807, 2.05) is 72.4 Å². The van der Waals surface area contributed by atoms with Crippen LogP contribution in [0.15, 0.2) is 48.5 Å². The average Bonchev–Trinajstić information content (AvgIpc) is 2.73. The number of nitrogens with one attached hydrogen (secondary N) is 1. The standard InChI is InChI=1S/C22H28N4O3/c1-23-22(28)20-14-26(18-7-5-6-8-19(18)29-20)15-21(27)25(4)13-16-9-11-17(12-10-16)24(2)3/h5-12,20H,13-15H2,1-4H3,(H,23,28)/t20-/m1/s1. The fraction of sp³-hybridized carbons (Fsp3) is 0.364. The quantitative estimate of drug-likeness (QED) is 0.806. The van der Waals surface area contributed by atoms with Crippen LogP contribution in [0.25, 0.3) is 0 Å². The number of hydrogen-bond donors (Lipinski definition) is 1. The van der Waals surface area contributed by atoms with E-state index in [-0.39, 0.29) is 18.4 Å². The molecule has 0 saturated carbocycles. The van der Waals surface area contributed by atoms with Gasteiger partial charge in [0, 0.05) is 40.4 Å². The summed E-state index contributed by atoms with van der Waals surface area (Å²) < 4.78 is 5.80. The van der Waals surface area contributed by atoms with Crippen LogP contribution in [0.1, 0.15) is 5.56 Å². The lowest BCUT2D eigenvalue weighted by Gasteiger charge is -2.35. The number of fused-ring (bicyclic) bond motifs is 1. The number of nitrogens with zero attached hydrogens (tertiary/aromatic N) is 3. The molecule has 7 nitrogen and oxygen atoms in total. The Kier molecular flexibility index (Phi) is 6.26. The number of hydrogen-bond acceptors (Lipinski definition) is 5. The molecule has 0 unspecified atom stereocenters. The predicted molar refractivity (Wildman–Crippen MR) is 114 cm³/mol. The highest BCUT2D eigenvalue weighted by Gasteiger charge is 2.31. The van der Waals surface area contributed by atoms with Gasteiger partial charge in [0.15, 0.2) is 6.10 Å². The number of anilines is 2. The van der Waals surface area contributed by atoms with Crippen LogP contribution in [0.2, 0.25) is 0 Å². The Balaban J connectivity index is 1.69. The minimum atomic E-state index is -0.647. The largest absolute Gasteiger partial charge is 0.477 e. The Bertz CT molecular complexity index is 867. The highest BCUT2D eigenvalue weighted by atomic mass is 16.5. The summed E-state index contributed by atoms with van der Waals surface area (Å²) in [5.41, 5.74) is 3.01. The molecule has 154 valence electrons. The van der Waals surface area contributed by atoms with Crippen LogP contribution in [-0.4, -0.2) is 64.1 Å². The highest BCUT2D eigenvalue weighted by molar-refractivity contribution is 5.86. The third-order valence-corrected chi connectivity index (χ3v) is 5.02. The molecule has 1 heterocycles. The van der Waals surface area contributed by atoms with Gasteiger partial charge in [-0.2, -0.15) is 0 Å². The minimum absolute atomic E-state index is 0.0194. The van der Waals surface area contributed by atoms with Crippen molar-refractivity contribution in [3.8, 4) is 5.75 Å². The lowest BCUT2D eigenvalue weighted by Crippen LogP contribution is -2.50. The first-order chi connectivity index (χ1) is 13.9. The number of ether oxygens (including phenoxy) is 1. The molecule has 1 aliphatic rings. The van der Waals surface area contributed by atoms with Crippen LogP contribution in [0.3, 0.4) is 0 Å². The molecule has 0 fully saturated rings. The maximum Gasteiger partial charge on any atom is 0.262 e. The van der Waals surface area contributed by atoms with Gasteiger partial charge in [-0.3, -0.25) is 9.59 Å². The van der Waals surface area contributed by atoms with Gasteiger partial charge in [0.2, 0.25) is 5.91 Å². The van der Waals surface area contributed by atoms with Crippen LogP contribution < -0.4 is 19.9 Å². The third-order valence-electron chi connectivity index (χ3n) is 5.02. The van der Waals surface area contributed by atoms with Crippen molar-refractivity contribution in [2.75, 3.05) is 51.1 Å². The molecule has 0 spiro atoms. The Labute approximate surface area is 171 Å². The summed E-state index contributed by atoms with van der Waals surface area (Å²) >= 11 is 0. The summed E-state index contributed by atoms with van der Waals surface area (Å²) in [6.45, 7) is 1.03. The fourth-order valence-corrected chi connectivity index (χ4v) is 3.30. The molecular weight excluding hydrogens is 368 g/mol.